The van der Waals surface area contributed by atoms with Gasteiger partial charge in [-0.2, -0.15) is 0 Å². The van der Waals surface area contributed by atoms with Gasteiger partial charge < -0.3 is 20.1 Å². The summed E-state index contributed by atoms with van der Waals surface area (Å²) in [6, 6.07) is 4.74. The zero-order chi connectivity index (χ0) is 15.7. The van der Waals surface area contributed by atoms with Crippen molar-refractivity contribution in [3.63, 3.8) is 0 Å². The van der Waals surface area contributed by atoms with Gasteiger partial charge in [-0.15, -0.1) is 0 Å². The molecule has 0 aromatic heterocycles. The molecule has 0 atom stereocenters. The van der Waals surface area contributed by atoms with Gasteiger partial charge in [-0.05, 0) is 37.6 Å². The Balaban J connectivity index is 2.50. The second-order valence-electron chi connectivity index (χ2n) is 4.76. The molecule has 0 spiro atoms. The van der Waals surface area contributed by atoms with Crippen LogP contribution >= 0.6 is 0 Å². The van der Waals surface area contributed by atoms with E-state index in [1.807, 2.05) is 6.92 Å². The Morgan fingerprint density at radius 1 is 1.48 bits per heavy atom. The van der Waals surface area contributed by atoms with E-state index in [0.717, 1.165) is 31.7 Å². The minimum absolute atomic E-state index is 0.234. The molecule has 0 aliphatic rings. The largest absolute Gasteiger partial charge is 0.480 e. The van der Waals surface area contributed by atoms with Crippen LogP contribution in [0.5, 0.6) is 0 Å². The van der Waals surface area contributed by atoms with Crippen molar-refractivity contribution in [3.05, 3.63) is 29.6 Å². The van der Waals surface area contributed by atoms with Crippen LogP contribution in [0, 0.1) is 5.82 Å². The lowest BCUT2D eigenvalue weighted by atomic mass is 10.1. The van der Waals surface area contributed by atoms with E-state index in [-0.39, 0.29) is 6.54 Å². The zero-order valence-corrected chi connectivity index (χ0v) is 12.6. The van der Waals surface area contributed by atoms with Crippen LogP contribution in [0.3, 0.4) is 0 Å². The van der Waals surface area contributed by atoms with Crippen molar-refractivity contribution in [2.45, 2.75) is 19.9 Å². The Bertz CT molecular complexity index is 455. The van der Waals surface area contributed by atoms with E-state index in [1.165, 1.54) is 11.0 Å². The summed E-state index contributed by atoms with van der Waals surface area (Å²) in [5.41, 5.74) is 1.21. The summed E-state index contributed by atoms with van der Waals surface area (Å²) in [6.45, 7) is 4.60. The number of rotatable bonds is 10. The van der Waals surface area contributed by atoms with E-state index in [1.54, 1.807) is 19.2 Å². The SMILES string of the molecule is CCOCCCNCc1ccc(F)c(N(C)CC(=O)O)c1. The van der Waals surface area contributed by atoms with Crippen LogP contribution in [0.2, 0.25) is 0 Å². The normalized spacial score (nSPS) is 10.6. The van der Waals surface area contributed by atoms with Crippen LogP contribution in [-0.2, 0) is 16.1 Å². The highest BCUT2D eigenvalue weighted by atomic mass is 19.1. The number of carboxylic acids is 1. The van der Waals surface area contributed by atoms with Crippen molar-refractivity contribution in [1.82, 2.24) is 5.32 Å². The number of aliphatic carboxylic acids is 1. The number of benzene rings is 1. The van der Waals surface area contributed by atoms with E-state index in [0.29, 0.717) is 12.2 Å². The van der Waals surface area contributed by atoms with Crippen LogP contribution in [-0.4, -0.2) is 44.4 Å². The minimum Gasteiger partial charge on any atom is -0.480 e. The van der Waals surface area contributed by atoms with Crippen molar-refractivity contribution in [2.75, 3.05) is 38.3 Å². The van der Waals surface area contributed by atoms with Crippen molar-refractivity contribution in [3.8, 4) is 0 Å². The fourth-order valence-electron chi connectivity index (χ4n) is 1.93. The molecular formula is C15H23FN2O3. The molecule has 21 heavy (non-hydrogen) atoms. The summed E-state index contributed by atoms with van der Waals surface area (Å²) in [4.78, 5) is 12.1. The zero-order valence-electron chi connectivity index (χ0n) is 12.6. The maximum absolute atomic E-state index is 13.7. The molecule has 1 aromatic rings. The van der Waals surface area contributed by atoms with Crippen LogP contribution in [0.4, 0.5) is 10.1 Å². The Morgan fingerprint density at radius 2 is 2.24 bits per heavy atom. The number of halogens is 1. The van der Waals surface area contributed by atoms with Gasteiger partial charge in [0, 0.05) is 26.8 Å². The van der Waals surface area contributed by atoms with Gasteiger partial charge in [0.2, 0.25) is 0 Å². The quantitative estimate of drug-likeness (QED) is 0.646. The summed E-state index contributed by atoms with van der Waals surface area (Å²) in [7, 11) is 1.56. The highest BCUT2D eigenvalue weighted by Gasteiger charge is 2.11. The predicted molar refractivity (Wildman–Crippen MR) is 80.1 cm³/mol. The lowest BCUT2D eigenvalue weighted by Gasteiger charge is -2.18. The molecule has 0 aliphatic carbocycles. The first-order valence-corrected chi connectivity index (χ1v) is 7.04. The predicted octanol–water partition coefficient (Wildman–Crippen LogP) is 1.86. The fourth-order valence-corrected chi connectivity index (χ4v) is 1.93. The van der Waals surface area contributed by atoms with E-state index in [4.69, 9.17) is 9.84 Å². The molecule has 0 fully saturated rings. The smallest absolute Gasteiger partial charge is 0.323 e. The molecule has 0 aliphatic heterocycles. The number of nitrogens with one attached hydrogen (secondary N) is 1. The van der Waals surface area contributed by atoms with Gasteiger partial charge in [-0.3, -0.25) is 4.79 Å². The summed E-state index contributed by atoms with van der Waals surface area (Å²) in [5.74, 6) is -1.41. The fraction of sp³-hybridized carbons (Fsp3) is 0.533. The third-order valence-corrected chi connectivity index (χ3v) is 2.97. The average Bonchev–Trinajstić information content (AvgIpc) is 2.43. The summed E-state index contributed by atoms with van der Waals surface area (Å²) in [6.07, 6.45) is 0.917. The molecule has 0 amide bonds. The van der Waals surface area contributed by atoms with E-state index >= 15 is 0 Å². The molecule has 0 saturated heterocycles. The molecule has 2 N–H and O–H groups in total. The first kappa shape index (κ1) is 17.4. The maximum Gasteiger partial charge on any atom is 0.323 e. The standard InChI is InChI=1S/C15H23FN2O3/c1-3-21-8-4-7-17-10-12-5-6-13(16)14(9-12)18(2)11-15(19)20/h5-6,9,17H,3-4,7-8,10-11H2,1-2H3,(H,19,20). The monoisotopic (exact) mass is 298 g/mol. The van der Waals surface area contributed by atoms with Crippen LogP contribution in [0.25, 0.3) is 0 Å². The number of carboxylic acid groups (broad SMARTS) is 1. The number of ether oxygens (including phenoxy) is 1. The van der Waals surface area contributed by atoms with Crippen molar-refractivity contribution in [1.29, 1.82) is 0 Å². The van der Waals surface area contributed by atoms with E-state index < -0.39 is 11.8 Å². The van der Waals surface area contributed by atoms with E-state index in [9.17, 15) is 9.18 Å². The molecule has 1 rings (SSSR count). The maximum atomic E-state index is 13.7. The number of likely N-dealkylation sites (N-methyl/N-ethyl adjacent to an activating group) is 1. The highest BCUT2D eigenvalue weighted by Crippen LogP contribution is 2.19. The van der Waals surface area contributed by atoms with Gasteiger partial charge in [0.05, 0.1) is 5.69 Å². The Kier molecular flexibility index (Phi) is 7.71. The number of anilines is 1. The topological polar surface area (TPSA) is 61.8 Å². The van der Waals surface area contributed by atoms with Crippen LogP contribution in [0.15, 0.2) is 18.2 Å². The molecule has 0 saturated carbocycles. The molecule has 6 heteroatoms. The molecular weight excluding hydrogens is 275 g/mol. The summed E-state index contributed by atoms with van der Waals surface area (Å²) in [5, 5.41) is 12.0. The molecule has 5 nitrogen and oxygen atoms in total. The number of carbonyl (C=O) groups is 1. The molecule has 0 unspecified atom stereocenters. The first-order valence-electron chi connectivity index (χ1n) is 7.04. The third-order valence-electron chi connectivity index (χ3n) is 2.97. The Hall–Kier alpha value is -1.66. The number of hydrogen-bond acceptors (Lipinski definition) is 4. The first-order chi connectivity index (χ1) is 10.0. The van der Waals surface area contributed by atoms with E-state index in [2.05, 4.69) is 5.32 Å². The molecule has 1 aromatic carbocycles. The van der Waals surface area contributed by atoms with Gasteiger partial charge in [0.25, 0.3) is 0 Å². The second-order valence-corrected chi connectivity index (χ2v) is 4.76. The average molecular weight is 298 g/mol. The molecule has 0 heterocycles. The lowest BCUT2D eigenvalue weighted by molar-refractivity contribution is -0.135. The lowest BCUT2D eigenvalue weighted by Crippen LogP contribution is -2.26. The van der Waals surface area contributed by atoms with Gasteiger partial charge in [0.1, 0.15) is 12.4 Å². The number of hydrogen-bond donors (Lipinski definition) is 2. The molecule has 118 valence electrons. The van der Waals surface area contributed by atoms with Crippen molar-refractivity contribution < 1.29 is 19.0 Å². The van der Waals surface area contributed by atoms with Crippen LogP contribution < -0.4 is 10.2 Å². The molecule has 0 radical (unpaired) electrons. The van der Waals surface area contributed by atoms with Gasteiger partial charge in [0.15, 0.2) is 0 Å². The third kappa shape index (κ3) is 6.55. The van der Waals surface area contributed by atoms with Crippen molar-refractivity contribution >= 4 is 11.7 Å². The molecule has 0 bridgehead atoms. The van der Waals surface area contributed by atoms with Gasteiger partial charge >= 0.3 is 5.97 Å². The highest BCUT2D eigenvalue weighted by molar-refractivity contribution is 5.73. The Labute approximate surface area is 124 Å². The summed E-state index contributed by atoms with van der Waals surface area (Å²) < 4.78 is 19.0. The summed E-state index contributed by atoms with van der Waals surface area (Å²) >= 11 is 0. The minimum atomic E-state index is -0.989. The second kappa shape index (κ2) is 9.31. The van der Waals surface area contributed by atoms with Crippen LogP contribution in [0.1, 0.15) is 18.9 Å². The van der Waals surface area contributed by atoms with Crippen molar-refractivity contribution in [2.24, 2.45) is 0 Å². The number of nitrogens with zero attached hydrogens (tertiary/aromatic N) is 1. The Morgan fingerprint density at radius 3 is 2.90 bits per heavy atom. The van der Waals surface area contributed by atoms with Gasteiger partial charge in [-0.25, -0.2) is 4.39 Å². The van der Waals surface area contributed by atoms with Gasteiger partial charge in [-0.1, -0.05) is 6.07 Å².